The van der Waals surface area contributed by atoms with Crippen molar-refractivity contribution in [3.63, 3.8) is 0 Å². The van der Waals surface area contributed by atoms with Gasteiger partial charge in [-0.2, -0.15) is 0 Å². The minimum absolute atomic E-state index is 0.608. The van der Waals surface area contributed by atoms with Crippen LogP contribution in [0.1, 0.15) is 18.1 Å². The Balaban J connectivity index is 1.95. The SMILES string of the molecule is CCN(c1cccc(C)c1)c1ncnc(Sc2ccc(C)cc2)c1N. The van der Waals surface area contributed by atoms with Crippen molar-refractivity contribution in [2.24, 2.45) is 0 Å². The van der Waals surface area contributed by atoms with Crippen molar-refractivity contribution in [3.8, 4) is 0 Å². The topological polar surface area (TPSA) is 55.0 Å². The predicted octanol–water partition coefficient (Wildman–Crippen LogP) is 4.98. The molecule has 0 spiro atoms. The molecule has 0 aliphatic carbocycles. The number of benzene rings is 2. The van der Waals surface area contributed by atoms with Gasteiger partial charge in [-0.1, -0.05) is 41.6 Å². The van der Waals surface area contributed by atoms with E-state index in [0.717, 1.165) is 28.0 Å². The van der Waals surface area contributed by atoms with Gasteiger partial charge in [0.15, 0.2) is 5.82 Å². The highest BCUT2D eigenvalue weighted by molar-refractivity contribution is 7.99. The Bertz CT molecular complexity index is 862. The zero-order valence-electron chi connectivity index (χ0n) is 14.7. The van der Waals surface area contributed by atoms with Crippen molar-refractivity contribution in [3.05, 3.63) is 66.0 Å². The summed E-state index contributed by atoms with van der Waals surface area (Å²) in [6, 6.07) is 16.7. The fourth-order valence-electron chi connectivity index (χ4n) is 2.64. The molecule has 3 aromatic rings. The van der Waals surface area contributed by atoms with Crippen LogP contribution in [0.4, 0.5) is 17.2 Å². The molecule has 4 nitrogen and oxygen atoms in total. The van der Waals surface area contributed by atoms with Crippen LogP contribution in [0.25, 0.3) is 0 Å². The zero-order valence-corrected chi connectivity index (χ0v) is 15.5. The molecule has 2 N–H and O–H groups in total. The average Bonchev–Trinajstić information content (AvgIpc) is 2.61. The number of rotatable bonds is 5. The van der Waals surface area contributed by atoms with Crippen molar-refractivity contribution >= 4 is 29.0 Å². The quantitative estimate of drug-likeness (QED) is 0.657. The van der Waals surface area contributed by atoms with E-state index < -0.39 is 0 Å². The maximum atomic E-state index is 6.43. The first kappa shape index (κ1) is 17.3. The smallest absolute Gasteiger partial charge is 0.160 e. The van der Waals surface area contributed by atoms with Gasteiger partial charge in [-0.05, 0) is 50.6 Å². The molecule has 25 heavy (non-hydrogen) atoms. The summed E-state index contributed by atoms with van der Waals surface area (Å²) in [5.41, 5.74) is 10.6. The lowest BCUT2D eigenvalue weighted by atomic mass is 10.2. The van der Waals surface area contributed by atoms with Crippen molar-refractivity contribution in [2.75, 3.05) is 17.2 Å². The second-order valence-corrected chi connectivity index (χ2v) is 6.98. The lowest BCUT2D eigenvalue weighted by Crippen LogP contribution is -2.19. The van der Waals surface area contributed by atoms with E-state index in [1.54, 1.807) is 18.1 Å². The molecule has 0 radical (unpaired) electrons. The van der Waals surface area contributed by atoms with Gasteiger partial charge in [-0.3, -0.25) is 0 Å². The summed E-state index contributed by atoms with van der Waals surface area (Å²) in [5.74, 6) is 0.748. The molecular formula is C20H22N4S. The van der Waals surface area contributed by atoms with Crippen LogP contribution in [0.15, 0.2) is 64.8 Å². The number of hydrogen-bond acceptors (Lipinski definition) is 5. The van der Waals surface area contributed by atoms with Crippen molar-refractivity contribution in [1.82, 2.24) is 9.97 Å². The molecule has 0 fully saturated rings. The zero-order chi connectivity index (χ0) is 17.8. The molecular weight excluding hydrogens is 328 g/mol. The summed E-state index contributed by atoms with van der Waals surface area (Å²) in [6.07, 6.45) is 1.58. The Morgan fingerprint density at radius 2 is 1.76 bits per heavy atom. The molecule has 0 aliphatic rings. The molecule has 3 rings (SSSR count). The van der Waals surface area contributed by atoms with E-state index in [1.165, 1.54) is 11.1 Å². The summed E-state index contributed by atoms with van der Waals surface area (Å²) >= 11 is 1.56. The Kier molecular flexibility index (Phi) is 5.24. The first-order chi connectivity index (χ1) is 12.1. The highest BCUT2D eigenvalue weighted by atomic mass is 32.2. The molecule has 0 bridgehead atoms. The van der Waals surface area contributed by atoms with Crippen LogP contribution in [0.2, 0.25) is 0 Å². The molecule has 5 heteroatoms. The molecule has 0 saturated heterocycles. The fourth-order valence-corrected chi connectivity index (χ4v) is 3.43. The number of aryl methyl sites for hydroxylation is 2. The van der Waals surface area contributed by atoms with Gasteiger partial charge in [0.1, 0.15) is 17.0 Å². The Morgan fingerprint density at radius 1 is 1.00 bits per heavy atom. The maximum absolute atomic E-state index is 6.43. The third-order valence-corrected chi connectivity index (χ3v) is 4.97. The Labute approximate surface area is 153 Å². The van der Waals surface area contributed by atoms with E-state index in [-0.39, 0.29) is 0 Å². The van der Waals surface area contributed by atoms with Crippen LogP contribution in [0, 0.1) is 13.8 Å². The molecule has 0 saturated carbocycles. The maximum Gasteiger partial charge on any atom is 0.160 e. The third-order valence-electron chi connectivity index (χ3n) is 3.95. The molecule has 0 amide bonds. The largest absolute Gasteiger partial charge is 0.394 e. The molecule has 0 atom stereocenters. The molecule has 1 aromatic heterocycles. The Hall–Kier alpha value is -2.53. The fraction of sp³-hybridized carbons (Fsp3) is 0.200. The summed E-state index contributed by atoms with van der Waals surface area (Å²) < 4.78 is 0. The van der Waals surface area contributed by atoms with Gasteiger partial charge in [-0.15, -0.1) is 0 Å². The number of aromatic nitrogens is 2. The van der Waals surface area contributed by atoms with Crippen LogP contribution in [0.5, 0.6) is 0 Å². The molecule has 1 heterocycles. The van der Waals surface area contributed by atoms with Gasteiger partial charge in [0.25, 0.3) is 0 Å². The van der Waals surface area contributed by atoms with Gasteiger partial charge < -0.3 is 10.6 Å². The average molecular weight is 350 g/mol. The normalized spacial score (nSPS) is 10.7. The number of hydrogen-bond donors (Lipinski definition) is 1. The highest BCUT2D eigenvalue weighted by Gasteiger charge is 2.16. The second kappa shape index (κ2) is 7.57. The molecule has 0 unspecified atom stereocenters. The van der Waals surface area contributed by atoms with Gasteiger partial charge in [0.05, 0.1) is 0 Å². The van der Waals surface area contributed by atoms with E-state index in [0.29, 0.717) is 5.69 Å². The third kappa shape index (κ3) is 3.94. The lowest BCUT2D eigenvalue weighted by molar-refractivity contribution is 0.954. The first-order valence-electron chi connectivity index (χ1n) is 8.27. The van der Waals surface area contributed by atoms with E-state index >= 15 is 0 Å². The molecule has 0 aliphatic heterocycles. The number of nitrogens with two attached hydrogens (primary N) is 1. The van der Waals surface area contributed by atoms with Crippen LogP contribution >= 0.6 is 11.8 Å². The number of nitrogens with zero attached hydrogens (tertiary/aromatic N) is 3. The van der Waals surface area contributed by atoms with Gasteiger partial charge >= 0.3 is 0 Å². The molecule has 128 valence electrons. The second-order valence-electron chi connectivity index (χ2n) is 5.91. The van der Waals surface area contributed by atoms with Crippen LogP contribution < -0.4 is 10.6 Å². The summed E-state index contributed by atoms with van der Waals surface area (Å²) in [5, 5.41) is 0.778. The van der Waals surface area contributed by atoms with Crippen molar-refractivity contribution < 1.29 is 0 Å². The summed E-state index contributed by atoms with van der Waals surface area (Å²) in [4.78, 5) is 12.1. The highest BCUT2D eigenvalue weighted by Crippen LogP contribution is 2.36. The minimum Gasteiger partial charge on any atom is -0.394 e. The number of anilines is 3. The minimum atomic E-state index is 0.608. The predicted molar refractivity (Wildman–Crippen MR) is 106 cm³/mol. The standard InChI is InChI=1S/C20H22N4S/c1-4-24(16-7-5-6-15(3)12-16)19-18(21)20(23-13-22-19)25-17-10-8-14(2)9-11-17/h5-13H,4,21H2,1-3H3. The van der Waals surface area contributed by atoms with E-state index in [9.17, 15) is 0 Å². The monoisotopic (exact) mass is 350 g/mol. The number of nitrogen functional groups attached to an aromatic ring is 1. The van der Waals surface area contributed by atoms with E-state index in [1.807, 2.05) is 6.07 Å². The summed E-state index contributed by atoms with van der Waals surface area (Å²) in [6.45, 7) is 7.03. The van der Waals surface area contributed by atoms with Crippen molar-refractivity contribution in [2.45, 2.75) is 30.7 Å². The van der Waals surface area contributed by atoms with E-state index in [2.05, 4.69) is 78.1 Å². The molecule has 2 aromatic carbocycles. The van der Waals surface area contributed by atoms with Crippen LogP contribution in [0.3, 0.4) is 0 Å². The van der Waals surface area contributed by atoms with Gasteiger partial charge in [0, 0.05) is 17.1 Å². The van der Waals surface area contributed by atoms with Crippen LogP contribution in [-0.2, 0) is 0 Å². The lowest BCUT2D eigenvalue weighted by Gasteiger charge is -2.24. The summed E-state index contributed by atoms with van der Waals surface area (Å²) in [7, 11) is 0. The van der Waals surface area contributed by atoms with Crippen molar-refractivity contribution in [1.29, 1.82) is 0 Å². The first-order valence-corrected chi connectivity index (χ1v) is 9.09. The Morgan fingerprint density at radius 3 is 2.44 bits per heavy atom. The van der Waals surface area contributed by atoms with Gasteiger partial charge in [0.2, 0.25) is 0 Å². The van der Waals surface area contributed by atoms with E-state index in [4.69, 9.17) is 5.73 Å². The van der Waals surface area contributed by atoms with Gasteiger partial charge in [-0.25, -0.2) is 9.97 Å². The van der Waals surface area contributed by atoms with Crippen LogP contribution in [-0.4, -0.2) is 16.5 Å².